The summed E-state index contributed by atoms with van der Waals surface area (Å²) in [7, 11) is 0. The van der Waals surface area contributed by atoms with Gasteiger partial charge in [-0.1, -0.05) is 30.3 Å². The van der Waals surface area contributed by atoms with Gasteiger partial charge in [0.05, 0.1) is 17.0 Å². The van der Waals surface area contributed by atoms with Crippen molar-refractivity contribution in [3.05, 3.63) is 69.3 Å². The molecule has 196 valence electrons. The van der Waals surface area contributed by atoms with E-state index in [1.807, 2.05) is 47.5 Å². The molecule has 3 aromatic heterocycles. The topological polar surface area (TPSA) is 115 Å². The fourth-order valence-corrected chi connectivity index (χ4v) is 5.43. The molecule has 4 heterocycles. The summed E-state index contributed by atoms with van der Waals surface area (Å²) in [6.45, 7) is 6.05. The Morgan fingerprint density at radius 1 is 1.18 bits per heavy atom. The predicted molar refractivity (Wildman–Crippen MR) is 147 cm³/mol. The second kappa shape index (κ2) is 10.8. The lowest BCUT2D eigenvalue weighted by Gasteiger charge is -2.39. The van der Waals surface area contributed by atoms with Crippen LogP contribution >= 0.6 is 11.3 Å². The van der Waals surface area contributed by atoms with Gasteiger partial charge < -0.3 is 14.7 Å². The quantitative estimate of drug-likeness (QED) is 0.300. The van der Waals surface area contributed by atoms with Crippen LogP contribution in [0.3, 0.4) is 0 Å². The van der Waals surface area contributed by atoms with Gasteiger partial charge >= 0.3 is 5.97 Å². The molecule has 0 amide bonds. The van der Waals surface area contributed by atoms with E-state index in [4.69, 9.17) is 14.7 Å². The Kier molecular flexibility index (Phi) is 7.35. The Balaban J connectivity index is 1.49. The van der Waals surface area contributed by atoms with E-state index < -0.39 is 11.4 Å². The minimum absolute atomic E-state index is 0.0570. The number of carbonyl (C=O) groups excluding carboxylic acids is 1. The van der Waals surface area contributed by atoms with Crippen LogP contribution in [0, 0.1) is 12.8 Å². The molecule has 4 aromatic rings. The molecule has 9 nitrogen and oxygen atoms in total. The summed E-state index contributed by atoms with van der Waals surface area (Å²) in [5.41, 5.74) is 1.73. The first-order valence-corrected chi connectivity index (χ1v) is 13.4. The number of carbonyl (C=O) groups is 2. The average molecular weight is 533 g/mol. The predicted octanol–water partition coefficient (Wildman–Crippen LogP) is 4.34. The zero-order valence-corrected chi connectivity index (χ0v) is 22.0. The number of aryl methyl sites for hydroxylation is 1. The number of fused-ring (bicyclic) bond motifs is 1. The molecular weight excluding hydrogens is 504 g/mol. The summed E-state index contributed by atoms with van der Waals surface area (Å²) in [6.07, 6.45) is 2.51. The number of rotatable bonds is 10. The van der Waals surface area contributed by atoms with Gasteiger partial charge in [-0.2, -0.15) is 0 Å². The Labute approximate surface area is 223 Å². The number of nitrogens with zero attached hydrogens (tertiary/aromatic N) is 4. The number of ether oxygens (including phenoxy) is 1. The van der Waals surface area contributed by atoms with Crippen molar-refractivity contribution >= 4 is 39.9 Å². The van der Waals surface area contributed by atoms with E-state index in [2.05, 4.69) is 0 Å². The SMILES string of the molecule is CCOCCCC(=O)C1CN(c2cc(C)c3c(=O)c(C(=O)O)cn(-c4nc(-c5ccccc5)cs4)c3n2)C1. The van der Waals surface area contributed by atoms with Gasteiger partial charge in [0.1, 0.15) is 17.2 Å². The Morgan fingerprint density at radius 3 is 2.66 bits per heavy atom. The van der Waals surface area contributed by atoms with E-state index in [1.165, 1.54) is 17.5 Å². The van der Waals surface area contributed by atoms with Crippen LogP contribution in [0.15, 0.2) is 52.8 Å². The molecule has 0 aliphatic carbocycles. The zero-order valence-electron chi connectivity index (χ0n) is 21.2. The molecule has 5 rings (SSSR count). The van der Waals surface area contributed by atoms with Crippen LogP contribution in [0.5, 0.6) is 0 Å². The first-order chi connectivity index (χ1) is 18.4. The number of carboxylic acid groups (broad SMARTS) is 1. The molecule has 0 unspecified atom stereocenters. The van der Waals surface area contributed by atoms with Gasteiger partial charge in [-0.15, -0.1) is 11.3 Å². The van der Waals surface area contributed by atoms with Crippen molar-refractivity contribution in [2.24, 2.45) is 5.92 Å². The fraction of sp³-hybridized carbons (Fsp3) is 0.321. The maximum Gasteiger partial charge on any atom is 0.341 e. The van der Waals surface area contributed by atoms with Crippen molar-refractivity contribution in [3.8, 4) is 16.4 Å². The highest BCUT2D eigenvalue weighted by Crippen LogP contribution is 2.30. The lowest BCUT2D eigenvalue weighted by atomic mass is 9.92. The molecule has 1 N–H and O–H groups in total. The lowest BCUT2D eigenvalue weighted by Crippen LogP contribution is -2.51. The van der Waals surface area contributed by atoms with Crippen molar-refractivity contribution in [1.82, 2.24) is 14.5 Å². The van der Waals surface area contributed by atoms with Gasteiger partial charge in [-0.25, -0.2) is 14.8 Å². The highest BCUT2D eigenvalue weighted by Gasteiger charge is 2.33. The van der Waals surface area contributed by atoms with Gasteiger partial charge in [0.25, 0.3) is 0 Å². The van der Waals surface area contributed by atoms with Crippen LogP contribution in [-0.2, 0) is 9.53 Å². The summed E-state index contributed by atoms with van der Waals surface area (Å²) in [6, 6.07) is 11.5. The normalized spacial score (nSPS) is 13.6. The molecule has 0 bridgehead atoms. The standard InChI is InChI=1S/C28H28N4O5S/c1-3-37-11-7-10-22(33)19-13-31(14-19)23-12-17(2)24-25(34)20(27(35)36)15-32(26(24)30-23)28-29-21(16-38-28)18-8-5-4-6-9-18/h4-6,8-9,12,15-16,19H,3,7,10-11,13-14H2,1-2H3,(H,35,36). The van der Waals surface area contributed by atoms with E-state index in [-0.39, 0.29) is 22.7 Å². The third-order valence-corrected chi connectivity index (χ3v) is 7.56. The van der Waals surface area contributed by atoms with E-state index >= 15 is 0 Å². The second-order valence-corrected chi connectivity index (χ2v) is 10.1. The second-order valence-electron chi connectivity index (χ2n) is 9.29. The summed E-state index contributed by atoms with van der Waals surface area (Å²) in [5, 5.41) is 12.4. The van der Waals surface area contributed by atoms with Crippen LogP contribution in [0.2, 0.25) is 0 Å². The zero-order chi connectivity index (χ0) is 26.8. The van der Waals surface area contributed by atoms with Crippen molar-refractivity contribution in [2.75, 3.05) is 31.2 Å². The third kappa shape index (κ3) is 4.97. The molecule has 1 aromatic carbocycles. The molecule has 1 aliphatic rings. The number of carboxylic acids is 1. The number of hydrogen-bond donors (Lipinski definition) is 1. The summed E-state index contributed by atoms with van der Waals surface area (Å²) >= 11 is 1.34. The van der Waals surface area contributed by atoms with Crippen molar-refractivity contribution in [3.63, 3.8) is 0 Å². The number of Topliss-reactive ketones (excluding diaryl/α,β-unsaturated/α-hetero) is 1. The van der Waals surface area contributed by atoms with Crippen LogP contribution in [0.25, 0.3) is 27.4 Å². The molecule has 1 fully saturated rings. The summed E-state index contributed by atoms with van der Waals surface area (Å²) < 4.78 is 6.91. The maximum atomic E-state index is 13.1. The number of benzene rings is 1. The number of hydrogen-bond acceptors (Lipinski definition) is 8. The number of ketones is 1. The maximum absolute atomic E-state index is 13.1. The van der Waals surface area contributed by atoms with Gasteiger partial charge in [0.15, 0.2) is 10.8 Å². The van der Waals surface area contributed by atoms with Crippen LogP contribution < -0.4 is 10.3 Å². The van der Waals surface area contributed by atoms with Crippen molar-refractivity contribution in [2.45, 2.75) is 26.7 Å². The number of anilines is 1. The Morgan fingerprint density at radius 2 is 1.95 bits per heavy atom. The molecule has 1 saturated heterocycles. The molecule has 38 heavy (non-hydrogen) atoms. The van der Waals surface area contributed by atoms with Crippen LogP contribution in [-0.4, -0.2) is 57.7 Å². The first kappa shape index (κ1) is 25.7. The number of aromatic nitrogens is 3. The molecule has 0 spiro atoms. The molecule has 0 radical (unpaired) electrons. The highest BCUT2D eigenvalue weighted by atomic mass is 32.1. The minimum Gasteiger partial charge on any atom is -0.477 e. The van der Waals surface area contributed by atoms with Gasteiger partial charge in [0, 0.05) is 49.9 Å². The Bertz CT molecular complexity index is 1560. The number of thiazole rings is 1. The number of pyridine rings is 2. The van der Waals surface area contributed by atoms with Gasteiger partial charge in [0.2, 0.25) is 5.43 Å². The molecule has 0 atom stereocenters. The van der Waals surface area contributed by atoms with Gasteiger partial charge in [-0.3, -0.25) is 14.2 Å². The average Bonchev–Trinajstić information content (AvgIpc) is 3.36. The monoisotopic (exact) mass is 532 g/mol. The molecule has 1 aliphatic heterocycles. The smallest absolute Gasteiger partial charge is 0.341 e. The summed E-state index contributed by atoms with van der Waals surface area (Å²) in [4.78, 5) is 49.1. The molecule has 0 saturated carbocycles. The van der Waals surface area contributed by atoms with Crippen LogP contribution in [0.1, 0.15) is 35.7 Å². The Hall–Kier alpha value is -3.89. The highest BCUT2D eigenvalue weighted by molar-refractivity contribution is 7.12. The molecule has 10 heteroatoms. The lowest BCUT2D eigenvalue weighted by molar-refractivity contribution is -0.123. The van der Waals surface area contributed by atoms with E-state index in [9.17, 15) is 19.5 Å². The van der Waals surface area contributed by atoms with Crippen molar-refractivity contribution < 1.29 is 19.4 Å². The largest absolute Gasteiger partial charge is 0.477 e. The third-order valence-electron chi connectivity index (χ3n) is 6.72. The van der Waals surface area contributed by atoms with Crippen molar-refractivity contribution in [1.29, 1.82) is 0 Å². The number of aromatic carboxylic acids is 1. The molecular formula is C28H28N4O5S. The van der Waals surface area contributed by atoms with E-state index in [1.54, 1.807) is 17.6 Å². The van der Waals surface area contributed by atoms with Gasteiger partial charge in [-0.05, 0) is 31.9 Å². The van der Waals surface area contributed by atoms with E-state index in [0.717, 1.165) is 11.3 Å². The van der Waals surface area contributed by atoms with Crippen LogP contribution in [0.4, 0.5) is 5.82 Å². The minimum atomic E-state index is -1.30. The summed E-state index contributed by atoms with van der Waals surface area (Å²) in [5.74, 6) is -0.497. The first-order valence-electron chi connectivity index (χ1n) is 12.5. The fourth-order valence-electron chi connectivity index (χ4n) is 4.62. The van der Waals surface area contributed by atoms with E-state index in [0.29, 0.717) is 61.3 Å².